The smallest absolute Gasteiger partial charge is 0.323 e. The highest BCUT2D eigenvalue weighted by molar-refractivity contribution is 7.09. The second-order valence-corrected chi connectivity index (χ2v) is 5.75. The van der Waals surface area contributed by atoms with Gasteiger partial charge in [-0.25, -0.2) is 9.78 Å². The van der Waals surface area contributed by atoms with Gasteiger partial charge in [0, 0.05) is 11.9 Å². The van der Waals surface area contributed by atoms with Gasteiger partial charge >= 0.3 is 12.0 Å². The van der Waals surface area contributed by atoms with E-state index in [1.165, 1.54) is 16.2 Å². The van der Waals surface area contributed by atoms with Crippen molar-refractivity contribution in [3.8, 4) is 0 Å². The van der Waals surface area contributed by atoms with Crippen molar-refractivity contribution in [2.24, 2.45) is 5.92 Å². The van der Waals surface area contributed by atoms with Gasteiger partial charge in [0.15, 0.2) is 0 Å². The summed E-state index contributed by atoms with van der Waals surface area (Å²) in [7, 11) is 0. The molecule has 7 heteroatoms. The largest absolute Gasteiger partial charge is 0.480 e. The van der Waals surface area contributed by atoms with Crippen molar-refractivity contribution in [2.75, 3.05) is 13.1 Å². The van der Waals surface area contributed by atoms with E-state index < -0.39 is 5.97 Å². The molecule has 0 atom stereocenters. The summed E-state index contributed by atoms with van der Waals surface area (Å²) in [6.45, 7) is 6.20. The Kier molecular flexibility index (Phi) is 5.75. The molecule has 1 aromatic rings. The third kappa shape index (κ3) is 5.69. The number of carboxylic acid groups (broad SMARTS) is 1. The van der Waals surface area contributed by atoms with Gasteiger partial charge in [-0.1, -0.05) is 13.8 Å². The zero-order valence-corrected chi connectivity index (χ0v) is 12.2. The van der Waals surface area contributed by atoms with Gasteiger partial charge in [0.05, 0.1) is 17.2 Å². The van der Waals surface area contributed by atoms with Crippen LogP contribution in [0.1, 0.15) is 24.5 Å². The Hall–Kier alpha value is -1.63. The molecule has 0 aliphatic carbocycles. The van der Waals surface area contributed by atoms with Crippen LogP contribution in [-0.4, -0.2) is 40.1 Å². The van der Waals surface area contributed by atoms with E-state index in [0.29, 0.717) is 13.1 Å². The Labute approximate surface area is 116 Å². The van der Waals surface area contributed by atoms with E-state index in [-0.39, 0.29) is 18.5 Å². The Morgan fingerprint density at radius 1 is 1.53 bits per heavy atom. The number of amides is 2. The Balaban J connectivity index is 2.53. The van der Waals surface area contributed by atoms with Crippen molar-refractivity contribution in [3.05, 3.63) is 16.1 Å². The second-order valence-electron chi connectivity index (χ2n) is 4.68. The Bertz CT molecular complexity index is 445. The fraction of sp³-hybridized carbons (Fsp3) is 0.583. The van der Waals surface area contributed by atoms with Gasteiger partial charge in [0.25, 0.3) is 0 Å². The fourth-order valence-corrected chi connectivity index (χ4v) is 2.20. The lowest BCUT2D eigenvalue weighted by Crippen LogP contribution is -2.44. The third-order valence-corrected chi connectivity index (χ3v) is 3.11. The van der Waals surface area contributed by atoms with Gasteiger partial charge in [-0.3, -0.25) is 4.79 Å². The molecule has 0 aromatic carbocycles. The summed E-state index contributed by atoms with van der Waals surface area (Å²) < 4.78 is 0. The molecule has 2 N–H and O–H groups in total. The molecule has 1 aromatic heterocycles. The number of carbonyl (C=O) groups excluding carboxylic acids is 1. The summed E-state index contributed by atoms with van der Waals surface area (Å²) in [6, 6.07) is -0.373. The van der Waals surface area contributed by atoms with Crippen LogP contribution in [0.2, 0.25) is 0 Å². The number of aliphatic carboxylic acids is 1. The zero-order valence-electron chi connectivity index (χ0n) is 11.3. The van der Waals surface area contributed by atoms with E-state index >= 15 is 0 Å². The number of urea groups is 1. The number of hydrogen-bond acceptors (Lipinski definition) is 4. The minimum Gasteiger partial charge on any atom is -0.480 e. The monoisotopic (exact) mass is 285 g/mol. The molecular weight excluding hydrogens is 266 g/mol. The fourth-order valence-electron chi connectivity index (χ4n) is 1.59. The van der Waals surface area contributed by atoms with E-state index in [1.54, 1.807) is 0 Å². The molecule has 0 spiro atoms. The molecule has 0 radical (unpaired) electrons. The molecule has 0 aliphatic rings. The predicted molar refractivity (Wildman–Crippen MR) is 73.1 cm³/mol. The van der Waals surface area contributed by atoms with E-state index in [9.17, 15) is 9.59 Å². The van der Waals surface area contributed by atoms with Crippen molar-refractivity contribution in [3.63, 3.8) is 0 Å². The molecule has 0 aliphatic heterocycles. The van der Waals surface area contributed by atoms with Crippen LogP contribution < -0.4 is 5.32 Å². The summed E-state index contributed by atoms with van der Waals surface area (Å²) in [4.78, 5) is 28.2. The van der Waals surface area contributed by atoms with E-state index in [1.807, 2.05) is 26.2 Å². The molecule has 106 valence electrons. The number of aryl methyl sites for hydroxylation is 1. The molecule has 0 saturated heterocycles. The first-order valence-corrected chi connectivity index (χ1v) is 6.92. The minimum atomic E-state index is -1.01. The van der Waals surface area contributed by atoms with Crippen LogP contribution in [0, 0.1) is 12.8 Å². The molecule has 2 amide bonds. The van der Waals surface area contributed by atoms with Crippen LogP contribution in [-0.2, 0) is 11.3 Å². The van der Waals surface area contributed by atoms with Gasteiger partial charge in [0.2, 0.25) is 0 Å². The normalized spacial score (nSPS) is 10.5. The molecule has 6 nitrogen and oxygen atoms in total. The molecule has 0 unspecified atom stereocenters. The lowest BCUT2D eigenvalue weighted by atomic mass is 10.2. The third-order valence-electron chi connectivity index (χ3n) is 2.29. The molecule has 0 fully saturated rings. The highest BCUT2D eigenvalue weighted by Gasteiger charge is 2.17. The standard InChI is InChI=1S/C12H19N3O3S/c1-8(2)5-15(6-11(16)17)12(18)13-4-10-7-19-9(3)14-10/h7-8H,4-6H2,1-3H3,(H,13,18)(H,16,17). The van der Waals surface area contributed by atoms with Gasteiger partial charge in [-0.15, -0.1) is 11.3 Å². The van der Waals surface area contributed by atoms with Crippen molar-refractivity contribution < 1.29 is 14.7 Å². The van der Waals surface area contributed by atoms with Crippen LogP contribution in [0.3, 0.4) is 0 Å². The van der Waals surface area contributed by atoms with E-state index in [2.05, 4.69) is 10.3 Å². The zero-order chi connectivity index (χ0) is 14.4. The number of nitrogens with one attached hydrogen (secondary N) is 1. The number of aromatic nitrogens is 1. The first-order chi connectivity index (χ1) is 8.88. The van der Waals surface area contributed by atoms with Crippen molar-refractivity contribution >= 4 is 23.3 Å². The Morgan fingerprint density at radius 2 is 2.21 bits per heavy atom. The maximum atomic E-state index is 11.9. The summed E-state index contributed by atoms with van der Waals surface area (Å²) in [5.41, 5.74) is 0.788. The molecule has 0 saturated carbocycles. The minimum absolute atomic E-state index is 0.214. The molecular formula is C12H19N3O3S. The van der Waals surface area contributed by atoms with Crippen LogP contribution in [0.25, 0.3) is 0 Å². The van der Waals surface area contributed by atoms with Crippen LogP contribution in [0.5, 0.6) is 0 Å². The first-order valence-electron chi connectivity index (χ1n) is 6.04. The number of hydrogen-bond donors (Lipinski definition) is 2. The van der Waals surface area contributed by atoms with Crippen molar-refractivity contribution in [2.45, 2.75) is 27.3 Å². The average molecular weight is 285 g/mol. The van der Waals surface area contributed by atoms with Crippen molar-refractivity contribution in [1.29, 1.82) is 0 Å². The van der Waals surface area contributed by atoms with E-state index in [0.717, 1.165) is 10.7 Å². The van der Waals surface area contributed by atoms with E-state index in [4.69, 9.17) is 5.11 Å². The van der Waals surface area contributed by atoms with Gasteiger partial charge in [-0.2, -0.15) is 0 Å². The van der Waals surface area contributed by atoms with Gasteiger partial charge < -0.3 is 15.3 Å². The maximum Gasteiger partial charge on any atom is 0.323 e. The highest BCUT2D eigenvalue weighted by Crippen LogP contribution is 2.07. The number of carbonyl (C=O) groups is 2. The summed E-state index contributed by atoms with van der Waals surface area (Å²) in [5, 5.41) is 14.3. The number of carboxylic acids is 1. The molecule has 19 heavy (non-hydrogen) atoms. The second kappa shape index (κ2) is 7.08. The van der Waals surface area contributed by atoms with Crippen molar-refractivity contribution in [1.82, 2.24) is 15.2 Å². The summed E-state index contributed by atoms with van der Waals surface area (Å²) in [5.74, 6) is -0.799. The quantitative estimate of drug-likeness (QED) is 0.833. The number of rotatable bonds is 6. The molecule has 1 heterocycles. The first kappa shape index (κ1) is 15.4. The van der Waals surface area contributed by atoms with Gasteiger partial charge in [-0.05, 0) is 12.8 Å². The average Bonchev–Trinajstić information content (AvgIpc) is 2.70. The topological polar surface area (TPSA) is 82.5 Å². The molecule has 0 bridgehead atoms. The van der Waals surface area contributed by atoms with Crippen LogP contribution in [0.15, 0.2) is 5.38 Å². The van der Waals surface area contributed by atoms with Gasteiger partial charge in [0.1, 0.15) is 6.54 Å². The lowest BCUT2D eigenvalue weighted by molar-refractivity contribution is -0.137. The number of thiazole rings is 1. The van der Waals surface area contributed by atoms with Crippen LogP contribution >= 0.6 is 11.3 Å². The predicted octanol–water partition coefficient (Wildman–Crippen LogP) is 1.70. The summed E-state index contributed by atoms with van der Waals surface area (Å²) >= 11 is 1.52. The number of nitrogens with zero attached hydrogens (tertiary/aromatic N) is 2. The Morgan fingerprint density at radius 3 is 2.68 bits per heavy atom. The van der Waals surface area contributed by atoms with Crippen LogP contribution in [0.4, 0.5) is 4.79 Å². The molecule has 1 rings (SSSR count). The summed E-state index contributed by atoms with van der Waals surface area (Å²) in [6.07, 6.45) is 0. The highest BCUT2D eigenvalue weighted by atomic mass is 32.1. The maximum absolute atomic E-state index is 11.9. The SMILES string of the molecule is Cc1nc(CNC(=O)N(CC(=O)O)CC(C)C)cs1. The lowest BCUT2D eigenvalue weighted by Gasteiger charge is -2.22.